The summed E-state index contributed by atoms with van der Waals surface area (Å²) in [6.07, 6.45) is 1.67. The van der Waals surface area contributed by atoms with Crippen molar-refractivity contribution in [3.05, 3.63) is 18.3 Å². The first-order valence-electron chi connectivity index (χ1n) is 2.25. The molecule has 0 aliphatic carbocycles. The maximum absolute atomic E-state index is 11.3. The van der Waals surface area contributed by atoms with Gasteiger partial charge in [0.1, 0.15) is 0 Å². The lowest BCUT2D eigenvalue weighted by Gasteiger charge is -1.91. The van der Waals surface area contributed by atoms with Crippen LogP contribution in [0.1, 0.15) is 0 Å². The largest absolute Gasteiger partial charge is 0.448 e. The van der Waals surface area contributed by atoms with Gasteiger partial charge in [0.25, 0.3) is 0 Å². The average molecular weight is 115 g/mol. The molecule has 0 unspecified atom stereocenters. The van der Waals surface area contributed by atoms with Crippen LogP contribution in [0.5, 0.6) is 5.88 Å². The van der Waals surface area contributed by atoms with E-state index in [1.54, 1.807) is 18.3 Å². The Labute approximate surface area is 46.3 Å². The maximum atomic E-state index is 11.3. The Balaban J connectivity index is 2.50. The Morgan fingerprint density at radius 2 is 2.62 bits per heavy atom. The van der Waals surface area contributed by atoms with E-state index in [1.807, 2.05) is 0 Å². The van der Waals surface area contributed by atoms with Gasteiger partial charge in [-0.05, 0) is 12.1 Å². The first-order chi connectivity index (χ1) is 3.93. The summed E-state index contributed by atoms with van der Waals surface area (Å²) in [6.45, 7) is -0.777. The molecule has 0 fully saturated rings. The van der Waals surface area contributed by atoms with Crippen molar-refractivity contribution in [1.82, 2.24) is 4.98 Å². The Kier molecular flexibility index (Phi) is 1.51. The molecule has 1 aromatic rings. The fraction of sp³-hybridized carbons (Fsp3) is 0.200. The predicted molar refractivity (Wildman–Crippen MR) is 27.4 cm³/mol. The summed E-state index contributed by atoms with van der Waals surface area (Å²) < 4.78 is 15.7. The normalized spacial score (nSPS) is 9.12. The summed E-state index contributed by atoms with van der Waals surface area (Å²) in [5, 5.41) is 0. The second-order valence-corrected chi connectivity index (χ2v) is 1.29. The molecule has 0 saturated heterocycles. The lowest BCUT2D eigenvalue weighted by atomic mass is 10.7. The molecule has 44 valence electrons. The fourth-order valence-electron chi connectivity index (χ4n) is 0.462. The van der Waals surface area contributed by atoms with Crippen molar-refractivity contribution in [2.75, 3.05) is 6.86 Å². The molecule has 2 nitrogen and oxygen atoms in total. The SMILES string of the molecule is FCOc1ccc[nH]1. The highest BCUT2D eigenvalue weighted by molar-refractivity contribution is 5.09. The summed E-state index contributed by atoms with van der Waals surface area (Å²) >= 11 is 0. The third kappa shape index (κ3) is 0.992. The highest BCUT2D eigenvalue weighted by Gasteiger charge is 1.86. The van der Waals surface area contributed by atoms with Gasteiger partial charge in [-0.1, -0.05) is 0 Å². The zero-order valence-electron chi connectivity index (χ0n) is 4.23. The number of nitrogens with one attached hydrogen (secondary N) is 1. The van der Waals surface area contributed by atoms with Gasteiger partial charge in [0.2, 0.25) is 6.86 Å². The molecule has 0 bridgehead atoms. The van der Waals surface area contributed by atoms with Crippen LogP contribution in [-0.2, 0) is 0 Å². The number of H-pyrrole nitrogens is 1. The molecule has 8 heavy (non-hydrogen) atoms. The van der Waals surface area contributed by atoms with Gasteiger partial charge in [-0.15, -0.1) is 0 Å². The van der Waals surface area contributed by atoms with Crippen LogP contribution in [0.4, 0.5) is 4.39 Å². The quantitative estimate of drug-likeness (QED) is 0.617. The molecular weight excluding hydrogens is 109 g/mol. The lowest BCUT2D eigenvalue weighted by molar-refractivity contribution is 0.185. The first kappa shape index (κ1) is 5.15. The van der Waals surface area contributed by atoms with E-state index in [4.69, 9.17) is 0 Å². The Morgan fingerprint density at radius 3 is 3.12 bits per heavy atom. The number of rotatable bonds is 2. The van der Waals surface area contributed by atoms with E-state index in [0.29, 0.717) is 5.88 Å². The zero-order valence-corrected chi connectivity index (χ0v) is 4.23. The second kappa shape index (κ2) is 2.35. The molecule has 1 rings (SSSR count). The van der Waals surface area contributed by atoms with Crippen LogP contribution in [0.25, 0.3) is 0 Å². The molecule has 0 amide bonds. The van der Waals surface area contributed by atoms with Gasteiger partial charge < -0.3 is 9.72 Å². The van der Waals surface area contributed by atoms with Gasteiger partial charge in [-0.3, -0.25) is 0 Å². The van der Waals surface area contributed by atoms with E-state index >= 15 is 0 Å². The molecule has 0 saturated carbocycles. The maximum Gasteiger partial charge on any atom is 0.230 e. The Bertz CT molecular complexity index is 138. The van der Waals surface area contributed by atoms with Gasteiger partial charge in [0, 0.05) is 6.20 Å². The molecule has 1 N–H and O–H groups in total. The minimum atomic E-state index is -0.777. The smallest absolute Gasteiger partial charge is 0.230 e. The molecule has 3 heteroatoms. The van der Waals surface area contributed by atoms with Crippen LogP contribution in [0.2, 0.25) is 0 Å². The van der Waals surface area contributed by atoms with Crippen LogP contribution in [0, 0.1) is 0 Å². The third-order valence-electron chi connectivity index (χ3n) is 0.779. The number of aromatic nitrogens is 1. The van der Waals surface area contributed by atoms with Gasteiger partial charge in [0.05, 0.1) is 0 Å². The van der Waals surface area contributed by atoms with Crippen LogP contribution in [0.15, 0.2) is 18.3 Å². The minimum absolute atomic E-state index is 0.465. The van der Waals surface area contributed by atoms with Crippen molar-refractivity contribution in [2.45, 2.75) is 0 Å². The van der Waals surface area contributed by atoms with Gasteiger partial charge in [0.15, 0.2) is 5.88 Å². The summed E-state index contributed by atoms with van der Waals surface area (Å²) in [4.78, 5) is 2.68. The summed E-state index contributed by atoms with van der Waals surface area (Å²) in [5.74, 6) is 0.465. The molecule has 1 heterocycles. The highest BCUT2D eigenvalue weighted by Crippen LogP contribution is 2.03. The zero-order chi connectivity index (χ0) is 5.82. The van der Waals surface area contributed by atoms with Crippen LogP contribution in [0.3, 0.4) is 0 Å². The highest BCUT2D eigenvalue weighted by atomic mass is 19.1. The minimum Gasteiger partial charge on any atom is -0.448 e. The van der Waals surface area contributed by atoms with Gasteiger partial charge in [-0.2, -0.15) is 0 Å². The van der Waals surface area contributed by atoms with E-state index in [0.717, 1.165) is 0 Å². The molecule has 1 aromatic heterocycles. The van der Waals surface area contributed by atoms with E-state index in [2.05, 4.69) is 9.72 Å². The van der Waals surface area contributed by atoms with Crippen LogP contribution < -0.4 is 4.74 Å². The Morgan fingerprint density at radius 1 is 1.75 bits per heavy atom. The molecule has 0 aliphatic rings. The number of ether oxygens (including phenoxy) is 1. The third-order valence-corrected chi connectivity index (χ3v) is 0.779. The van der Waals surface area contributed by atoms with Gasteiger partial charge >= 0.3 is 0 Å². The number of aromatic amines is 1. The lowest BCUT2D eigenvalue weighted by Crippen LogP contribution is -1.88. The van der Waals surface area contributed by atoms with Crippen molar-refractivity contribution >= 4 is 0 Å². The standard InChI is InChI=1S/C5H6FNO/c6-4-8-5-2-1-3-7-5/h1-3,7H,4H2. The van der Waals surface area contributed by atoms with Crippen LogP contribution >= 0.6 is 0 Å². The van der Waals surface area contributed by atoms with E-state index in [1.165, 1.54) is 0 Å². The molecule has 0 radical (unpaired) electrons. The van der Waals surface area contributed by atoms with Crippen molar-refractivity contribution < 1.29 is 9.13 Å². The van der Waals surface area contributed by atoms with Crippen molar-refractivity contribution in [1.29, 1.82) is 0 Å². The van der Waals surface area contributed by atoms with E-state index in [-0.39, 0.29) is 0 Å². The second-order valence-electron chi connectivity index (χ2n) is 1.29. The van der Waals surface area contributed by atoms with E-state index < -0.39 is 6.86 Å². The van der Waals surface area contributed by atoms with Crippen LogP contribution in [-0.4, -0.2) is 11.8 Å². The number of hydrogen-bond acceptors (Lipinski definition) is 1. The number of hydrogen-bond donors (Lipinski definition) is 1. The summed E-state index contributed by atoms with van der Waals surface area (Å²) in [7, 11) is 0. The molecular formula is C5H6FNO. The number of halogens is 1. The number of alkyl halides is 1. The molecule has 0 atom stereocenters. The fourth-order valence-corrected chi connectivity index (χ4v) is 0.462. The summed E-state index contributed by atoms with van der Waals surface area (Å²) in [6, 6.07) is 3.39. The summed E-state index contributed by atoms with van der Waals surface area (Å²) in [5.41, 5.74) is 0. The van der Waals surface area contributed by atoms with Gasteiger partial charge in [-0.25, -0.2) is 4.39 Å². The predicted octanol–water partition coefficient (Wildman–Crippen LogP) is 1.32. The first-order valence-corrected chi connectivity index (χ1v) is 2.25. The average Bonchev–Trinajstić information content (AvgIpc) is 2.19. The van der Waals surface area contributed by atoms with Crippen molar-refractivity contribution in [3.63, 3.8) is 0 Å². The topological polar surface area (TPSA) is 25.0 Å². The molecule has 0 aromatic carbocycles. The molecule has 0 aliphatic heterocycles. The monoisotopic (exact) mass is 115 g/mol. The Hall–Kier alpha value is -0.990. The molecule has 0 spiro atoms. The van der Waals surface area contributed by atoms with E-state index in [9.17, 15) is 4.39 Å². The van der Waals surface area contributed by atoms with Crippen molar-refractivity contribution in [3.8, 4) is 5.88 Å². The van der Waals surface area contributed by atoms with Crippen molar-refractivity contribution in [2.24, 2.45) is 0 Å².